The quantitative estimate of drug-likeness (QED) is 0.579. The van der Waals surface area contributed by atoms with Gasteiger partial charge in [-0.3, -0.25) is 0 Å². The Bertz CT molecular complexity index is 877. The zero-order valence-corrected chi connectivity index (χ0v) is 18.2. The van der Waals surface area contributed by atoms with Crippen molar-refractivity contribution < 1.29 is 23.0 Å². The molecule has 0 amide bonds. The Balaban J connectivity index is 1.52. The Hall–Kier alpha value is -2.61. The minimum atomic E-state index is -1.18. The summed E-state index contributed by atoms with van der Waals surface area (Å²) in [6, 6.07) is 4.12. The van der Waals surface area contributed by atoms with Crippen LogP contribution in [0.15, 0.2) is 30.6 Å². The topological polar surface area (TPSA) is 64.6 Å². The normalized spacial score (nSPS) is 15.6. The molecular formula is C23H29F2N3O3. The van der Waals surface area contributed by atoms with Crippen molar-refractivity contribution in [1.29, 1.82) is 0 Å². The fourth-order valence-corrected chi connectivity index (χ4v) is 3.64. The van der Waals surface area contributed by atoms with Crippen molar-refractivity contribution in [3.8, 4) is 17.1 Å². The van der Waals surface area contributed by atoms with E-state index in [4.69, 9.17) is 9.47 Å². The van der Waals surface area contributed by atoms with E-state index in [-0.39, 0.29) is 17.7 Å². The molecule has 1 fully saturated rings. The molecule has 168 valence electrons. The van der Waals surface area contributed by atoms with Crippen LogP contribution in [0.1, 0.15) is 44.0 Å². The van der Waals surface area contributed by atoms with Gasteiger partial charge in [-0.05, 0) is 70.8 Å². The first-order chi connectivity index (χ1) is 14.7. The number of hydrogen-bond acceptors (Lipinski definition) is 6. The first-order valence-electron chi connectivity index (χ1n) is 10.6. The van der Waals surface area contributed by atoms with E-state index < -0.39 is 17.5 Å². The second-order valence-electron chi connectivity index (χ2n) is 8.40. The van der Waals surface area contributed by atoms with Gasteiger partial charge in [-0.2, -0.15) is 0 Å². The maximum Gasteiger partial charge on any atom is 0.338 e. The van der Waals surface area contributed by atoms with E-state index in [1.165, 1.54) is 24.5 Å². The molecule has 0 radical (unpaired) electrons. The van der Waals surface area contributed by atoms with E-state index >= 15 is 0 Å². The van der Waals surface area contributed by atoms with E-state index in [0.29, 0.717) is 30.6 Å². The number of hydrogen-bond donors (Lipinski definition) is 0. The monoisotopic (exact) mass is 433 g/mol. The van der Waals surface area contributed by atoms with Crippen LogP contribution in [0, 0.1) is 11.7 Å². The summed E-state index contributed by atoms with van der Waals surface area (Å²) in [6.45, 7) is 7.80. The van der Waals surface area contributed by atoms with Gasteiger partial charge in [0.2, 0.25) is 5.88 Å². The average molecular weight is 433 g/mol. The molecule has 1 aromatic carbocycles. The highest BCUT2D eigenvalue weighted by Crippen LogP contribution is 2.24. The van der Waals surface area contributed by atoms with Crippen molar-refractivity contribution >= 4 is 5.97 Å². The van der Waals surface area contributed by atoms with Gasteiger partial charge in [-0.15, -0.1) is 0 Å². The number of benzene rings is 1. The predicted octanol–water partition coefficient (Wildman–Crippen LogP) is 4.30. The summed E-state index contributed by atoms with van der Waals surface area (Å²) < 4.78 is 38.8. The van der Waals surface area contributed by atoms with Gasteiger partial charge >= 0.3 is 5.97 Å². The summed E-state index contributed by atoms with van der Waals surface area (Å²) in [6.07, 6.45) is 4.80. The van der Waals surface area contributed by atoms with Crippen molar-refractivity contribution in [3.05, 3.63) is 42.0 Å². The SMILES string of the molecule is CCOC(=O)c1ccc(-c2cnc(OCC3CCN(CC(C)(C)F)CC3)cn2)c(F)c1. The summed E-state index contributed by atoms with van der Waals surface area (Å²) in [5.41, 5.74) is -0.436. The number of alkyl halides is 1. The van der Waals surface area contributed by atoms with Crippen molar-refractivity contribution in [2.24, 2.45) is 5.92 Å². The Labute approximate surface area is 181 Å². The van der Waals surface area contributed by atoms with Crippen LogP contribution in [0.5, 0.6) is 5.88 Å². The smallest absolute Gasteiger partial charge is 0.338 e. The van der Waals surface area contributed by atoms with Crippen LogP contribution in [-0.2, 0) is 4.74 Å². The number of carbonyl (C=O) groups excluding carboxylic acids is 1. The second-order valence-corrected chi connectivity index (χ2v) is 8.40. The van der Waals surface area contributed by atoms with Gasteiger partial charge in [0.25, 0.3) is 0 Å². The van der Waals surface area contributed by atoms with Crippen LogP contribution in [0.2, 0.25) is 0 Å². The number of likely N-dealkylation sites (tertiary alicyclic amines) is 1. The van der Waals surface area contributed by atoms with Crippen molar-refractivity contribution in [2.45, 2.75) is 39.3 Å². The van der Waals surface area contributed by atoms with Gasteiger partial charge in [0, 0.05) is 12.1 Å². The van der Waals surface area contributed by atoms with E-state index in [2.05, 4.69) is 14.9 Å². The molecule has 1 aliphatic heterocycles. The number of aromatic nitrogens is 2. The second kappa shape index (κ2) is 10.1. The van der Waals surface area contributed by atoms with E-state index in [1.54, 1.807) is 20.8 Å². The number of ether oxygens (including phenoxy) is 2. The number of rotatable bonds is 8. The number of carbonyl (C=O) groups is 1. The highest BCUT2D eigenvalue weighted by atomic mass is 19.1. The van der Waals surface area contributed by atoms with Crippen molar-refractivity contribution in [1.82, 2.24) is 14.9 Å². The zero-order chi connectivity index (χ0) is 22.4. The summed E-state index contributed by atoms with van der Waals surface area (Å²) in [5, 5.41) is 0. The number of esters is 1. The number of piperidine rings is 1. The molecule has 2 heterocycles. The first kappa shape index (κ1) is 23.1. The molecule has 0 bridgehead atoms. The standard InChI is InChI=1S/C23H29F2N3O3/c1-4-30-22(29)17-5-6-18(19(24)11-17)20-12-27-21(13-26-20)31-14-16-7-9-28(10-8-16)15-23(2,3)25/h5-6,11-13,16H,4,7-10,14-15H2,1-3H3. The summed E-state index contributed by atoms with van der Waals surface area (Å²) >= 11 is 0. The Morgan fingerprint density at radius 2 is 1.97 bits per heavy atom. The van der Waals surface area contributed by atoms with E-state index in [1.807, 2.05) is 0 Å². The highest BCUT2D eigenvalue weighted by molar-refractivity contribution is 5.90. The van der Waals surface area contributed by atoms with E-state index in [9.17, 15) is 13.6 Å². The highest BCUT2D eigenvalue weighted by Gasteiger charge is 2.25. The maximum atomic E-state index is 14.4. The molecule has 31 heavy (non-hydrogen) atoms. The van der Waals surface area contributed by atoms with Crippen LogP contribution in [0.25, 0.3) is 11.3 Å². The molecule has 1 aromatic heterocycles. The molecule has 0 aliphatic carbocycles. The third kappa shape index (κ3) is 6.69. The van der Waals surface area contributed by atoms with Crippen molar-refractivity contribution in [2.75, 3.05) is 32.8 Å². The molecule has 8 heteroatoms. The van der Waals surface area contributed by atoms with Crippen LogP contribution >= 0.6 is 0 Å². The molecule has 0 spiro atoms. The summed E-state index contributed by atoms with van der Waals surface area (Å²) in [7, 11) is 0. The lowest BCUT2D eigenvalue weighted by Crippen LogP contribution is -2.41. The molecule has 3 rings (SSSR count). The molecule has 1 aliphatic rings. The molecule has 2 aromatic rings. The summed E-state index contributed by atoms with van der Waals surface area (Å²) in [5.74, 6) is -0.383. The maximum absolute atomic E-state index is 14.4. The lowest BCUT2D eigenvalue weighted by atomic mass is 9.97. The zero-order valence-electron chi connectivity index (χ0n) is 18.2. The Kier molecular flexibility index (Phi) is 7.54. The molecular weight excluding hydrogens is 404 g/mol. The molecule has 6 nitrogen and oxygen atoms in total. The van der Waals surface area contributed by atoms with Crippen LogP contribution in [0.4, 0.5) is 8.78 Å². The van der Waals surface area contributed by atoms with Gasteiger partial charge in [0.05, 0.1) is 36.9 Å². The molecule has 0 unspecified atom stereocenters. The van der Waals surface area contributed by atoms with Gasteiger partial charge in [-0.1, -0.05) is 0 Å². The third-order valence-electron chi connectivity index (χ3n) is 5.16. The van der Waals surface area contributed by atoms with Crippen LogP contribution in [0.3, 0.4) is 0 Å². The average Bonchev–Trinajstić information content (AvgIpc) is 2.73. The molecule has 0 N–H and O–H groups in total. The first-order valence-corrected chi connectivity index (χ1v) is 10.6. The molecule has 0 atom stereocenters. The van der Waals surface area contributed by atoms with Gasteiger partial charge in [-0.25, -0.2) is 23.5 Å². The minimum absolute atomic E-state index is 0.150. The Morgan fingerprint density at radius 1 is 1.23 bits per heavy atom. The number of halogens is 2. The van der Waals surface area contributed by atoms with Crippen LogP contribution < -0.4 is 4.74 Å². The lowest BCUT2D eigenvalue weighted by molar-refractivity contribution is 0.0525. The fourth-order valence-electron chi connectivity index (χ4n) is 3.64. The minimum Gasteiger partial charge on any atom is -0.476 e. The van der Waals surface area contributed by atoms with Gasteiger partial charge in [0.1, 0.15) is 11.5 Å². The Morgan fingerprint density at radius 3 is 2.55 bits per heavy atom. The molecule has 0 saturated carbocycles. The fraction of sp³-hybridized carbons (Fsp3) is 0.522. The van der Waals surface area contributed by atoms with Gasteiger partial charge in [0.15, 0.2) is 0 Å². The van der Waals surface area contributed by atoms with Crippen LogP contribution in [-0.4, -0.2) is 59.4 Å². The predicted molar refractivity (Wildman–Crippen MR) is 113 cm³/mol. The number of nitrogens with zero attached hydrogens (tertiary/aromatic N) is 3. The van der Waals surface area contributed by atoms with Gasteiger partial charge < -0.3 is 14.4 Å². The lowest BCUT2D eigenvalue weighted by Gasteiger charge is -2.34. The third-order valence-corrected chi connectivity index (χ3v) is 5.16. The van der Waals surface area contributed by atoms with Crippen molar-refractivity contribution in [3.63, 3.8) is 0 Å². The summed E-state index contributed by atoms with van der Waals surface area (Å²) in [4.78, 5) is 22.3. The van der Waals surface area contributed by atoms with E-state index in [0.717, 1.165) is 32.0 Å². The largest absolute Gasteiger partial charge is 0.476 e. The molecule has 1 saturated heterocycles.